The van der Waals surface area contributed by atoms with E-state index in [4.69, 9.17) is 19.9 Å². The van der Waals surface area contributed by atoms with Crippen molar-refractivity contribution in [1.29, 1.82) is 0 Å². The van der Waals surface area contributed by atoms with Crippen LogP contribution in [0.4, 0.5) is 0 Å². The molecule has 0 heterocycles. The number of nitrogens with zero attached hydrogens (tertiary/aromatic N) is 7. The molecule has 0 bridgehead atoms. The van der Waals surface area contributed by atoms with E-state index >= 15 is 0 Å². The average molecular weight is 1610 g/mol. The summed E-state index contributed by atoms with van der Waals surface area (Å²) in [5.41, 5.74) is 0.545. The number of aliphatic hydroxyl groups is 10. The second-order valence-electron chi connectivity index (χ2n) is 30.8. The fourth-order valence-electron chi connectivity index (χ4n) is 12.9. The van der Waals surface area contributed by atoms with Crippen molar-refractivity contribution in [3.8, 4) is 0 Å². The number of aliphatic hydroxyl groups excluding tert-OH is 10. The second-order valence-corrected chi connectivity index (χ2v) is 30.8. The number of hydrogen-bond acceptors (Lipinski definition) is 27. The molecule has 0 aliphatic heterocycles. The van der Waals surface area contributed by atoms with Crippen LogP contribution in [0.3, 0.4) is 0 Å². The minimum absolute atomic E-state index is 0.131. The minimum atomic E-state index is -2.23. The fraction of sp³-hybridized carbons (Fsp3) is 0.920. The molecule has 652 valence electrons. The molecule has 0 aromatic carbocycles. The monoisotopic (exact) mass is 1610 g/mol. The number of rotatable bonds is 79. The molecule has 0 aliphatic carbocycles. The van der Waals surface area contributed by atoms with Crippen LogP contribution in [-0.4, -0.2) is 347 Å². The molecule has 0 rings (SSSR count). The molecule has 0 aliphatic rings. The Hall–Kier alpha value is -3.91. The Kier molecular flexibility index (Phi) is 69.6. The van der Waals surface area contributed by atoms with Crippen molar-refractivity contribution in [2.24, 2.45) is 15.8 Å². The molecule has 113 heavy (non-hydrogen) atoms. The Morgan fingerprint density at radius 1 is 0.398 bits per heavy atom. The van der Waals surface area contributed by atoms with E-state index in [1.165, 1.54) is 83.5 Å². The molecule has 0 aromatic rings. The van der Waals surface area contributed by atoms with Gasteiger partial charge in [-0.05, 0) is 19.7 Å². The Labute approximate surface area is 679 Å². The third-order valence-electron chi connectivity index (χ3n) is 20.9. The quantitative estimate of drug-likeness (QED) is 0.0232. The zero-order chi connectivity index (χ0) is 84.4. The topological polar surface area (TPSA) is 484 Å². The first-order valence-electron chi connectivity index (χ1n) is 42.9. The number of aliphatic imine (C=N–C) groups is 1. The van der Waals surface area contributed by atoms with Gasteiger partial charge < -0.3 is 76.9 Å². The van der Waals surface area contributed by atoms with E-state index in [9.17, 15) is 89.6 Å². The Balaban J connectivity index is 4.44. The molecule has 0 radical (unpaired) electrons. The van der Waals surface area contributed by atoms with E-state index in [0.717, 1.165) is 167 Å². The number of carbonyl (C=O) groups excluding carboxylic acids is 5. The number of carbonyl (C=O) groups is 5. The first-order valence-corrected chi connectivity index (χ1v) is 42.9. The van der Waals surface area contributed by atoms with E-state index in [2.05, 4.69) is 31.0 Å². The van der Waals surface area contributed by atoms with Crippen molar-refractivity contribution in [2.45, 2.75) is 314 Å². The molecule has 1 unspecified atom stereocenters. The van der Waals surface area contributed by atoms with Gasteiger partial charge in [0.05, 0.1) is 13.2 Å². The molecule has 18 N–H and O–H groups in total. The molecule has 38 heteroatoms. The molecule has 0 spiro atoms. The number of hydrogen-bond donors (Lipinski definition) is 18. The first-order chi connectivity index (χ1) is 54.1. The third-order valence-corrected chi connectivity index (χ3v) is 20.9. The van der Waals surface area contributed by atoms with Gasteiger partial charge >= 0.3 is 314 Å². The van der Waals surface area contributed by atoms with E-state index in [1.807, 2.05) is 28.5 Å². The van der Waals surface area contributed by atoms with Gasteiger partial charge in [0, 0.05) is 45.6 Å². The summed E-state index contributed by atoms with van der Waals surface area (Å²) in [5.74, 6) is -3.03. The van der Waals surface area contributed by atoms with Gasteiger partial charge in [0.1, 0.15) is 36.6 Å². The van der Waals surface area contributed by atoms with Crippen molar-refractivity contribution in [3.05, 3.63) is 0 Å². The van der Waals surface area contributed by atoms with Crippen LogP contribution in [-0.2, 0) is 33.3 Å². The average Bonchev–Trinajstić information content (AvgIpc) is 0.877. The van der Waals surface area contributed by atoms with E-state index in [1.54, 1.807) is 34.6 Å². The summed E-state index contributed by atoms with van der Waals surface area (Å²) in [5, 5.41) is 148. The predicted molar refractivity (Wildman–Crippen MR) is 447 cm³/mol. The maximum absolute atomic E-state index is 13.3. The zero-order valence-electron chi connectivity index (χ0n) is 70.1. The van der Waals surface area contributed by atoms with Crippen molar-refractivity contribution >= 4 is 77.8 Å². The van der Waals surface area contributed by atoms with Gasteiger partial charge in [-0.15, -0.1) is 0 Å². The van der Waals surface area contributed by atoms with E-state index in [0.29, 0.717) is 64.3 Å². The van der Waals surface area contributed by atoms with Gasteiger partial charge in [0.15, 0.2) is 12.2 Å². The summed E-state index contributed by atoms with van der Waals surface area (Å²) in [6, 6.07) is 0. The van der Waals surface area contributed by atoms with Crippen LogP contribution in [0.5, 0.6) is 0 Å². The van der Waals surface area contributed by atoms with Crippen LogP contribution < -0.4 is 21.3 Å². The summed E-state index contributed by atoms with van der Waals surface area (Å²) < 4.78 is 17.9. The number of amides is 5. The Bertz CT molecular complexity index is 2400. The van der Waals surface area contributed by atoms with E-state index < -0.39 is 108 Å². The van der Waals surface area contributed by atoms with Crippen LogP contribution in [0.25, 0.3) is 0 Å². The van der Waals surface area contributed by atoms with Gasteiger partial charge in [-0.1, -0.05) is 122 Å². The van der Waals surface area contributed by atoms with Gasteiger partial charge in [0.25, 0.3) is 11.8 Å². The SMILES string of the molecule is CB(O)N(C)CCCN(CCCCCO/B=N\CC(CCCCCCNC(=O)CCCCCCCCCCCCCCCCCCCCCCCNC(=O)CCC(=O)N(CCNC(=O)[C@@H](O)[C@H](O)[C@@H](O)[C@H](O)CO)CCNC(=O)[C@H](O)[C@@H](O)[C@H](O)[C@@H](O)CO)CN=C(B=O)CCCCN(CCCN(C)B(C)O)B(C)O)B(C)O. The van der Waals surface area contributed by atoms with Gasteiger partial charge in [-0.2, -0.15) is 0 Å². The number of nitrogens with one attached hydrogen (secondary N) is 4. The van der Waals surface area contributed by atoms with Crippen molar-refractivity contribution in [3.63, 3.8) is 0 Å². The van der Waals surface area contributed by atoms with Gasteiger partial charge in [0.2, 0.25) is 11.8 Å². The fourth-order valence-corrected chi connectivity index (χ4v) is 12.9. The zero-order valence-corrected chi connectivity index (χ0v) is 70.1. The van der Waals surface area contributed by atoms with Crippen LogP contribution in [0.15, 0.2) is 9.89 Å². The normalized spacial score (nSPS) is 14.3. The van der Waals surface area contributed by atoms with Crippen LogP contribution in [0.2, 0.25) is 27.3 Å². The molecule has 0 saturated carbocycles. The Morgan fingerprint density at radius 3 is 1.18 bits per heavy atom. The van der Waals surface area contributed by atoms with Crippen LogP contribution in [0.1, 0.15) is 238 Å². The summed E-state index contributed by atoms with van der Waals surface area (Å²) >= 11 is 0. The van der Waals surface area contributed by atoms with Crippen LogP contribution >= 0.6 is 0 Å². The summed E-state index contributed by atoms with van der Waals surface area (Å²) in [4.78, 5) is 81.9. The molecule has 0 aromatic heterocycles. The molecular formula is C75H153B6N11O21. The molecule has 0 saturated heterocycles. The van der Waals surface area contributed by atoms with Crippen molar-refractivity contribution in [1.82, 2.24) is 45.4 Å². The first kappa shape index (κ1) is 109. The molecule has 5 amide bonds. The summed E-state index contributed by atoms with van der Waals surface area (Å²) in [7, 11) is 4.03. The second kappa shape index (κ2) is 72.1. The van der Waals surface area contributed by atoms with E-state index in [-0.39, 0.29) is 56.8 Å². The summed E-state index contributed by atoms with van der Waals surface area (Å²) in [6.45, 7) is 11.1. The van der Waals surface area contributed by atoms with Gasteiger partial charge in [-0.25, -0.2) is 0 Å². The van der Waals surface area contributed by atoms with Crippen molar-refractivity contribution in [2.75, 3.05) is 126 Å². The number of unbranched alkanes of at least 4 members (excludes halogenated alkanes) is 26. The maximum atomic E-state index is 13.3. The molecule has 0 fully saturated rings. The third kappa shape index (κ3) is 58.6. The van der Waals surface area contributed by atoms with Gasteiger partial charge in [-0.3, -0.25) is 19.2 Å². The molecule has 9 atom stereocenters. The molecular weight excluding hydrogens is 1460 g/mol. The Morgan fingerprint density at radius 2 is 0.770 bits per heavy atom. The summed E-state index contributed by atoms with van der Waals surface area (Å²) in [6.07, 6.45) is 19.5. The predicted octanol–water partition coefficient (Wildman–Crippen LogP) is 1.38. The molecule has 32 nitrogen and oxygen atoms in total. The van der Waals surface area contributed by atoms with Crippen molar-refractivity contribution < 1.29 is 104 Å². The standard InChI is InChI=1S/C75H153B6N11O21/c1-78(109)88(5)48-37-52-91(80(3)111)50-34-28-36-56-113-77-87-58-61(57-86-64(76-108)40-31-35-51-92(81(4)112)53-38-49-89(6)79(2)110)39-29-25-27-33-44-82-65(97)41-30-24-22-20-18-16-14-12-10-8-7-9-11-13-15-17-19-21-23-26-32-45-83-66(98)42-43-67(99)90(54-46-84-74(106)72(104)70(102)68(100)62(95)59-93)55-47-85-75(107)73(105)71(103)69(101)63(96)60-94/h61-63,68-73,93-96,100-105,109-112H,7-60H2,1-6H3,(H,82,97)(H,83,98)(H,84,106)(H,85,107)/t61?,62-,63+,68+,69-,70-,71+,72+,73-. The van der Waals surface area contributed by atoms with Crippen LogP contribution in [0, 0.1) is 5.92 Å².